The van der Waals surface area contributed by atoms with Crippen molar-refractivity contribution in [2.75, 3.05) is 19.6 Å². The Kier molecular flexibility index (Phi) is 5.65. The molecule has 2 rings (SSSR count). The molecule has 0 saturated carbocycles. The molecular weight excluding hydrogens is 273 g/mol. The van der Waals surface area contributed by atoms with Crippen LogP contribution in [0.1, 0.15) is 12.5 Å². The number of nitrogens with zero attached hydrogens (tertiary/aromatic N) is 2. The highest BCUT2D eigenvalue weighted by Gasteiger charge is 2.20. The summed E-state index contributed by atoms with van der Waals surface area (Å²) in [5.74, 6) is -0.505. The number of hydrogen-bond acceptors (Lipinski definition) is 4. The summed E-state index contributed by atoms with van der Waals surface area (Å²) in [6.45, 7) is 5.20. The summed E-state index contributed by atoms with van der Waals surface area (Å²) in [5.41, 5.74) is 0.305. The molecule has 1 saturated heterocycles. The third kappa shape index (κ3) is 3.86. The van der Waals surface area contributed by atoms with Crippen molar-refractivity contribution in [3.05, 3.63) is 39.7 Å². The predicted molar refractivity (Wildman–Crippen MR) is 73.0 cm³/mol. The van der Waals surface area contributed by atoms with Crippen molar-refractivity contribution in [3.8, 4) is 0 Å². The number of halogens is 2. The molecule has 0 radical (unpaired) electrons. The van der Waals surface area contributed by atoms with Gasteiger partial charge in [0.05, 0.1) is 11.0 Å². The highest BCUT2D eigenvalue weighted by Crippen LogP contribution is 2.19. The minimum absolute atomic E-state index is 0. The van der Waals surface area contributed by atoms with Crippen LogP contribution in [0.2, 0.25) is 0 Å². The van der Waals surface area contributed by atoms with Crippen molar-refractivity contribution < 1.29 is 9.31 Å². The molecule has 1 fully saturated rings. The molecule has 1 aliphatic heterocycles. The molecule has 0 spiro atoms. The van der Waals surface area contributed by atoms with E-state index in [1.807, 2.05) is 0 Å². The Morgan fingerprint density at radius 2 is 2.32 bits per heavy atom. The maximum absolute atomic E-state index is 13.7. The number of nitrogens with one attached hydrogen (secondary N) is 1. The molecule has 1 aromatic rings. The first kappa shape index (κ1) is 15.8. The Bertz CT molecular complexity index is 459. The van der Waals surface area contributed by atoms with E-state index < -0.39 is 10.7 Å². The van der Waals surface area contributed by atoms with E-state index in [0.717, 1.165) is 25.7 Å². The molecule has 5 nitrogen and oxygen atoms in total. The molecule has 1 atom stereocenters. The number of nitro benzene ring substituents is 1. The summed E-state index contributed by atoms with van der Waals surface area (Å²) < 4.78 is 13.7. The number of hydrogen-bond donors (Lipinski definition) is 1. The fourth-order valence-corrected chi connectivity index (χ4v) is 2.11. The van der Waals surface area contributed by atoms with Crippen LogP contribution in [0.4, 0.5) is 10.1 Å². The normalized spacial score (nSPS) is 19.8. The van der Waals surface area contributed by atoms with E-state index in [4.69, 9.17) is 0 Å². The number of benzene rings is 1. The molecule has 0 bridgehead atoms. The van der Waals surface area contributed by atoms with Gasteiger partial charge in [-0.1, -0.05) is 0 Å². The molecule has 0 amide bonds. The van der Waals surface area contributed by atoms with Crippen LogP contribution in [0.5, 0.6) is 0 Å². The first-order chi connectivity index (χ1) is 8.58. The first-order valence-corrected chi connectivity index (χ1v) is 5.95. The lowest BCUT2D eigenvalue weighted by Crippen LogP contribution is -2.49. The van der Waals surface area contributed by atoms with Gasteiger partial charge in [-0.05, 0) is 13.0 Å². The maximum Gasteiger partial charge on any atom is 0.272 e. The Morgan fingerprint density at radius 1 is 1.58 bits per heavy atom. The Morgan fingerprint density at radius 3 is 2.89 bits per heavy atom. The van der Waals surface area contributed by atoms with Crippen molar-refractivity contribution in [1.29, 1.82) is 0 Å². The van der Waals surface area contributed by atoms with Crippen molar-refractivity contribution in [3.63, 3.8) is 0 Å². The number of piperazine rings is 1. The van der Waals surface area contributed by atoms with Gasteiger partial charge in [-0.15, -0.1) is 12.4 Å². The predicted octanol–water partition coefficient (Wildman–Crippen LogP) is 1.95. The van der Waals surface area contributed by atoms with Crippen molar-refractivity contribution >= 4 is 18.1 Å². The van der Waals surface area contributed by atoms with Gasteiger partial charge in [0.25, 0.3) is 5.69 Å². The quantitative estimate of drug-likeness (QED) is 0.682. The molecular formula is C12H17ClFN3O2. The summed E-state index contributed by atoms with van der Waals surface area (Å²) in [4.78, 5) is 12.1. The van der Waals surface area contributed by atoms with Gasteiger partial charge >= 0.3 is 0 Å². The third-order valence-corrected chi connectivity index (χ3v) is 3.26. The van der Waals surface area contributed by atoms with Gasteiger partial charge in [-0.2, -0.15) is 0 Å². The molecule has 0 aromatic heterocycles. The molecule has 1 N–H and O–H groups in total. The fraction of sp³-hybridized carbons (Fsp3) is 0.500. The molecule has 106 valence electrons. The van der Waals surface area contributed by atoms with E-state index in [1.165, 1.54) is 12.1 Å². The van der Waals surface area contributed by atoms with Gasteiger partial charge < -0.3 is 5.32 Å². The van der Waals surface area contributed by atoms with E-state index in [-0.39, 0.29) is 18.1 Å². The smallest absolute Gasteiger partial charge is 0.272 e. The average Bonchev–Trinajstić information content (AvgIpc) is 2.34. The minimum Gasteiger partial charge on any atom is -0.314 e. The van der Waals surface area contributed by atoms with Gasteiger partial charge in [-0.25, -0.2) is 4.39 Å². The lowest BCUT2D eigenvalue weighted by molar-refractivity contribution is -0.385. The Hall–Kier alpha value is -1.24. The van der Waals surface area contributed by atoms with Crippen LogP contribution < -0.4 is 5.32 Å². The van der Waals surface area contributed by atoms with Crippen LogP contribution in [0.25, 0.3) is 0 Å². The molecule has 1 heterocycles. The van der Waals surface area contributed by atoms with Crippen LogP contribution in [-0.4, -0.2) is 35.5 Å². The summed E-state index contributed by atoms with van der Waals surface area (Å²) in [7, 11) is 0. The van der Waals surface area contributed by atoms with E-state index >= 15 is 0 Å². The second-order valence-electron chi connectivity index (χ2n) is 4.56. The highest BCUT2D eigenvalue weighted by atomic mass is 35.5. The zero-order valence-electron chi connectivity index (χ0n) is 10.6. The second-order valence-corrected chi connectivity index (χ2v) is 4.56. The standard InChI is InChI=1S/C12H16FN3O2.ClH/c1-9-7-14-4-5-15(9)8-10-2-3-11(16(17)18)6-12(10)13;/h2-3,6,9,14H,4-5,7-8H2,1H3;1H. The topological polar surface area (TPSA) is 58.4 Å². The van der Waals surface area contributed by atoms with Crippen molar-refractivity contribution in [2.45, 2.75) is 19.5 Å². The van der Waals surface area contributed by atoms with Gasteiger partial charge in [0, 0.05) is 43.9 Å². The van der Waals surface area contributed by atoms with Gasteiger partial charge in [0.1, 0.15) is 5.82 Å². The molecule has 19 heavy (non-hydrogen) atoms. The van der Waals surface area contributed by atoms with E-state index in [9.17, 15) is 14.5 Å². The largest absolute Gasteiger partial charge is 0.314 e. The summed E-state index contributed by atoms with van der Waals surface area (Å²) in [6, 6.07) is 4.18. The molecule has 0 aliphatic carbocycles. The molecule has 1 aliphatic rings. The van der Waals surface area contributed by atoms with E-state index in [0.29, 0.717) is 18.2 Å². The third-order valence-electron chi connectivity index (χ3n) is 3.26. The van der Waals surface area contributed by atoms with Crippen molar-refractivity contribution in [1.82, 2.24) is 10.2 Å². The zero-order valence-corrected chi connectivity index (χ0v) is 11.5. The fourth-order valence-electron chi connectivity index (χ4n) is 2.11. The second kappa shape index (κ2) is 6.79. The summed E-state index contributed by atoms with van der Waals surface area (Å²) in [5, 5.41) is 13.8. The van der Waals surface area contributed by atoms with Crippen molar-refractivity contribution in [2.24, 2.45) is 0 Å². The monoisotopic (exact) mass is 289 g/mol. The average molecular weight is 290 g/mol. The van der Waals surface area contributed by atoms with Crippen LogP contribution >= 0.6 is 12.4 Å². The minimum atomic E-state index is -0.583. The summed E-state index contributed by atoms with van der Waals surface area (Å²) >= 11 is 0. The number of non-ortho nitro benzene ring substituents is 1. The maximum atomic E-state index is 13.7. The van der Waals surface area contributed by atoms with Crippen LogP contribution in [-0.2, 0) is 6.54 Å². The zero-order chi connectivity index (χ0) is 13.1. The Labute approximate surface area is 117 Å². The summed E-state index contributed by atoms with van der Waals surface area (Å²) in [6.07, 6.45) is 0. The molecule has 1 aromatic carbocycles. The molecule has 1 unspecified atom stereocenters. The Balaban J connectivity index is 0.00000180. The number of rotatable bonds is 3. The van der Waals surface area contributed by atoms with Gasteiger partial charge in [0.2, 0.25) is 0 Å². The SMILES string of the molecule is CC1CNCCN1Cc1ccc([N+](=O)[O-])cc1F.Cl. The number of nitro groups is 1. The van der Waals surface area contributed by atoms with Gasteiger partial charge in [0.15, 0.2) is 0 Å². The van der Waals surface area contributed by atoms with E-state index in [1.54, 1.807) is 0 Å². The van der Waals surface area contributed by atoms with E-state index in [2.05, 4.69) is 17.1 Å². The van der Waals surface area contributed by atoms with Crippen LogP contribution in [0.15, 0.2) is 18.2 Å². The lowest BCUT2D eigenvalue weighted by atomic mass is 10.1. The highest BCUT2D eigenvalue weighted by molar-refractivity contribution is 5.85. The van der Waals surface area contributed by atoms with Crippen LogP contribution in [0.3, 0.4) is 0 Å². The van der Waals surface area contributed by atoms with Gasteiger partial charge in [-0.3, -0.25) is 15.0 Å². The van der Waals surface area contributed by atoms with Crippen LogP contribution in [0, 0.1) is 15.9 Å². The first-order valence-electron chi connectivity index (χ1n) is 5.95. The molecule has 7 heteroatoms. The lowest BCUT2D eigenvalue weighted by Gasteiger charge is -2.33.